The number of carbonyl (C=O) groups is 1. The molecule has 1 heterocycles. The molecule has 1 amide bonds. The molecule has 138 valence electrons. The standard InChI is InChI=1S/C22H21FN2O2/c1-15-20(24-22(27-15)16-7-3-2-4-8-16)13-21(26)25(18-11-12-18)14-17-9-5-6-10-19(17)23/h2-10,18H,11-14H2,1H3. The minimum absolute atomic E-state index is 0.0447. The molecule has 0 N–H and O–H groups in total. The molecule has 0 aliphatic heterocycles. The SMILES string of the molecule is Cc1oc(-c2ccccc2)nc1CC(=O)N(Cc1ccccc1F)C1CC1. The van der Waals surface area contributed by atoms with Gasteiger partial charge in [-0.2, -0.15) is 0 Å². The topological polar surface area (TPSA) is 46.3 Å². The average Bonchev–Trinajstić information content (AvgIpc) is 3.45. The Hall–Kier alpha value is -2.95. The van der Waals surface area contributed by atoms with Gasteiger partial charge in [0.25, 0.3) is 0 Å². The maximum Gasteiger partial charge on any atom is 0.229 e. The van der Waals surface area contributed by atoms with Crippen LogP contribution in [0.3, 0.4) is 0 Å². The molecule has 0 unspecified atom stereocenters. The van der Waals surface area contributed by atoms with Gasteiger partial charge in [-0.1, -0.05) is 36.4 Å². The predicted octanol–water partition coefficient (Wildman–Crippen LogP) is 4.52. The number of carbonyl (C=O) groups excluding carboxylic acids is 1. The van der Waals surface area contributed by atoms with Crippen molar-refractivity contribution in [1.29, 1.82) is 0 Å². The second-order valence-corrected chi connectivity index (χ2v) is 6.91. The van der Waals surface area contributed by atoms with E-state index >= 15 is 0 Å². The number of aromatic nitrogens is 1. The molecule has 1 saturated carbocycles. The van der Waals surface area contributed by atoms with E-state index in [1.54, 1.807) is 23.1 Å². The third kappa shape index (κ3) is 3.92. The van der Waals surface area contributed by atoms with Gasteiger partial charge < -0.3 is 9.32 Å². The summed E-state index contributed by atoms with van der Waals surface area (Å²) in [4.78, 5) is 19.2. The predicted molar refractivity (Wildman–Crippen MR) is 100 cm³/mol. The molecule has 0 bridgehead atoms. The van der Waals surface area contributed by atoms with Crippen LogP contribution in [0.5, 0.6) is 0 Å². The second-order valence-electron chi connectivity index (χ2n) is 6.91. The van der Waals surface area contributed by atoms with Gasteiger partial charge in [-0.15, -0.1) is 0 Å². The van der Waals surface area contributed by atoms with Crippen LogP contribution in [-0.4, -0.2) is 21.8 Å². The fraction of sp³-hybridized carbons (Fsp3) is 0.273. The zero-order chi connectivity index (χ0) is 18.8. The molecule has 0 saturated heterocycles. The first-order chi connectivity index (χ1) is 13.1. The Morgan fingerprint density at radius 3 is 2.56 bits per heavy atom. The molecular formula is C22H21FN2O2. The quantitative estimate of drug-likeness (QED) is 0.646. The molecule has 1 fully saturated rings. The van der Waals surface area contributed by atoms with Crippen LogP contribution in [0.2, 0.25) is 0 Å². The highest BCUT2D eigenvalue weighted by Gasteiger charge is 2.33. The van der Waals surface area contributed by atoms with E-state index in [1.807, 2.05) is 37.3 Å². The number of rotatable bonds is 6. The van der Waals surface area contributed by atoms with Gasteiger partial charge in [-0.25, -0.2) is 9.37 Å². The van der Waals surface area contributed by atoms with E-state index < -0.39 is 0 Å². The summed E-state index contributed by atoms with van der Waals surface area (Å²) < 4.78 is 19.8. The number of benzene rings is 2. The summed E-state index contributed by atoms with van der Waals surface area (Å²) in [6.45, 7) is 2.11. The summed E-state index contributed by atoms with van der Waals surface area (Å²) in [6.07, 6.45) is 2.09. The lowest BCUT2D eigenvalue weighted by Gasteiger charge is -2.22. The third-order valence-electron chi connectivity index (χ3n) is 4.84. The number of hydrogen-bond donors (Lipinski definition) is 0. The molecular weight excluding hydrogens is 343 g/mol. The first-order valence-corrected chi connectivity index (χ1v) is 9.16. The largest absolute Gasteiger partial charge is 0.441 e. The Balaban J connectivity index is 1.52. The molecule has 2 aromatic carbocycles. The molecule has 5 heteroatoms. The lowest BCUT2D eigenvalue weighted by atomic mass is 10.1. The van der Waals surface area contributed by atoms with Crippen LogP contribution < -0.4 is 0 Å². The van der Waals surface area contributed by atoms with Crippen LogP contribution in [0.15, 0.2) is 59.0 Å². The van der Waals surface area contributed by atoms with E-state index in [1.165, 1.54) is 6.07 Å². The Labute approximate surface area is 157 Å². The average molecular weight is 364 g/mol. The van der Waals surface area contributed by atoms with E-state index in [4.69, 9.17) is 4.42 Å². The summed E-state index contributed by atoms with van der Waals surface area (Å²) in [5, 5.41) is 0. The summed E-state index contributed by atoms with van der Waals surface area (Å²) in [7, 11) is 0. The molecule has 1 aliphatic rings. The van der Waals surface area contributed by atoms with Gasteiger partial charge in [0.15, 0.2) is 0 Å². The van der Waals surface area contributed by atoms with Crippen LogP contribution in [0.4, 0.5) is 4.39 Å². The maximum absolute atomic E-state index is 14.0. The van der Waals surface area contributed by atoms with Crippen molar-refractivity contribution in [2.45, 2.75) is 38.8 Å². The van der Waals surface area contributed by atoms with Crippen molar-refractivity contribution in [3.05, 3.63) is 77.4 Å². The zero-order valence-electron chi connectivity index (χ0n) is 15.2. The first kappa shape index (κ1) is 17.5. The molecule has 3 aromatic rings. The zero-order valence-corrected chi connectivity index (χ0v) is 15.2. The van der Waals surface area contributed by atoms with Crippen molar-refractivity contribution >= 4 is 5.91 Å². The van der Waals surface area contributed by atoms with Gasteiger partial charge in [-0.3, -0.25) is 4.79 Å². The number of oxazole rings is 1. The molecule has 0 atom stereocenters. The highest BCUT2D eigenvalue weighted by Crippen LogP contribution is 2.30. The van der Waals surface area contributed by atoms with Crippen molar-refractivity contribution in [2.24, 2.45) is 0 Å². The Bertz CT molecular complexity index is 948. The number of nitrogens with zero attached hydrogens (tertiary/aromatic N) is 2. The molecule has 4 nitrogen and oxygen atoms in total. The van der Waals surface area contributed by atoms with Gasteiger partial charge >= 0.3 is 0 Å². The number of halogens is 1. The van der Waals surface area contributed by atoms with Crippen molar-refractivity contribution in [3.63, 3.8) is 0 Å². The molecule has 4 rings (SSSR count). The number of hydrogen-bond acceptors (Lipinski definition) is 3. The van der Waals surface area contributed by atoms with E-state index in [0.717, 1.165) is 18.4 Å². The van der Waals surface area contributed by atoms with Crippen molar-refractivity contribution in [2.75, 3.05) is 0 Å². The summed E-state index contributed by atoms with van der Waals surface area (Å²) in [5.41, 5.74) is 2.06. The monoisotopic (exact) mass is 364 g/mol. The Kier molecular flexibility index (Phi) is 4.75. The number of amides is 1. The Morgan fingerprint density at radius 1 is 1.15 bits per heavy atom. The lowest BCUT2D eigenvalue weighted by molar-refractivity contribution is -0.131. The van der Waals surface area contributed by atoms with Gasteiger partial charge in [0.05, 0.1) is 12.1 Å². The highest BCUT2D eigenvalue weighted by molar-refractivity contribution is 5.79. The minimum Gasteiger partial charge on any atom is -0.441 e. The van der Waals surface area contributed by atoms with Crippen LogP contribution in [-0.2, 0) is 17.8 Å². The maximum atomic E-state index is 14.0. The van der Waals surface area contributed by atoms with Crippen molar-refractivity contribution < 1.29 is 13.6 Å². The molecule has 0 radical (unpaired) electrons. The minimum atomic E-state index is -0.278. The van der Waals surface area contributed by atoms with Gasteiger partial charge in [-0.05, 0) is 38.0 Å². The smallest absolute Gasteiger partial charge is 0.229 e. The van der Waals surface area contributed by atoms with Crippen molar-refractivity contribution in [1.82, 2.24) is 9.88 Å². The fourth-order valence-corrected chi connectivity index (χ4v) is 3.16. The van der Waals surface area contributed by atoms with Crippen LogP contribution in [0, 0.1) is 12.7 Å². The van der Waals surface area contributed by atoms with Gasteiger partial charge in [0.1, 0.15) is 11.6 Å². The fourth-order valence-electron chi connectivity index (χ4n) is 3.16. The molecule has 27 heavy (non-hydrogen) atoms. The van der Waals surface area contributed by atoms with E-state index in [-0.39, 0.29) is 24.2 Å². The first-order valence-electron chi connectivity index (χ1n) is 9.16. The molecule has 0 spiro atoms. The number of aryl methyl sites for hydroxylation is 1. The lowest BCUT2D eigenvalue weighted by Crippen LogP contribution is -2.34. The highest BCUT2D eigenvalue weighted by atomic mass is 19.1. The van der Waals surface area contributed by atoms with E-state index in [9.17, 15) is 9.18 Å². The second kappa shape index (κ2) is 7.35. The van der Waals surface area contributed by atoms with Crippen LogP contribution in [0.25, 0.3) is 11.5 Å². The van der Waals surface area contributed by atoms with Gasteiger partial charge in [0, 0.05) is 23.7 Å². The third-order valence-corrected chi connectivity index (χ3v) is 4.84. The van der Waals surface area contributed by atoms with Crippen LogP contribution >= 0.6 is 0 Å². The molecule has 1 aromatic heterocycles. The normalized spacial score (nSPS) is 13.6. The van der Waals surface area contributed by atoms with E-state index in [2.05, 4.69) is 4.98 Å². The summed E-state index contributed by atoms with van der Waals surface area (Å²) in [5.74, 6) is 0.837. The summed E-state index contributed by atoms with van der Waals surface area (Å²) in [6, 6.07) is 16.4. The van der Waals surface area contributed by atoms with E-state index in [0.29, 0.717) is 29.5 Å². The van der Waals surface area contributed by atoms with Crippen molar-refractivity contribution in [3.8, 4) is 11.5 Å². The summed E-state index contributed by atoms with van der Waals surface area (Å²) >= 11 is 0. The van der Waals surface area contributed by atoms with Crippen LogP contribution in [0.1, 0.15) is 29.9 Å². The molecule has 1 aliphatic carbocycles. The van der Waals surface area contributed by atoms with Gasteiger partial charge in [0.2, 0.25) is 11.8 Å². The Morgan fingerprint density at radius 2 is 1.85 bits per heavy atom.